The Bertz CT molecular complexity index is 699. The van der Waals surface area contributed by atoms with Gasteiger partial charge in [-0.2, -0.15) is 5.26 Å². The summed E-state index contributed by atoms with van der Waals surface area (Å²) in [6.07, 6.45) is 0.830. The summed E-state index contributed by atoms with van der Waals surface area (Å²) in [4.78, 5) is 12.4. The van der Waals surface area contributed by atoms with Crippen LogP contribution in [0, 0.1) is 11.3 Å². The molecule has 1 aromatic carbocycles. The predicted octanol–water partition coefficient (Wildman–Crippen LogP) is 2.01. The molecule has 0 aliphatic heterocycles. The highest BCUT2D eigenvalue weighted by molar-refractivity contribution is 7.99. The molecule has 0 spiro atoms. The first-order valence-corrected chi connectivity index (χ1v) is 6.92. The van der Waals surface area contributed by atoms with Crippen molar-refractivity contribution in [1.82, 2.24) is 14.8 Å². The van der Waals surface area contributed by atoms with Crippen molar-refractivity contribution in [2.24, 2.45) is 0 Å². The quantitative estimate of drug-likeness (QED) is 0.910. The number of benzene rings is 1. The molecule has 0 unspecified atom stereocenters. The van der Waals surface area contributed by atoms with E-state index in [1.807, 2.05) is 6.92 Å². The minimum absolute atomic E-state index is 0.240. The van der Waals surface area contributed by atoms with Crippen molar-refractivity contribution in [3.63, 3.8) is 0 Å². The lowest BCUT2D eigenvalue weighted by atomic mass is 10.2. The Morgan fingerprint density at radius 3 is 3.00 bits per heavy atom. The van der Waals surface area contributed by atoms with Gasteiger partial charge in [0.1, 0.15) is 11.8 Å². The minimum Gasteiger partial charge on any atom is -0.497 e. The summed E-state index contributed by atoms with van der Waals surface area (Å²) in [6, 6.07) is 7.31. The molecule has 0 bridgehead atoms. The lowest BCUT2D eigenvalue weighted by Gasteiger charge is -2.07. The van der Waals surface area contributed by atoms with Crippen molar-refractivity contribution in [3.05, 3.63) is 34.2 Å². The van der Waals surface area contributed by atoms with Gasteiger partial charge in [0.05, 0.1) is 12.7 Å². The second-order valence-electron chi connectivity index (χ2n) is 4.04. The average molecular weight is 290 g/mol. The highest BCUT2D eigenvalue weighted by Crippen LogP contribution is 2.31. The van der Waals surface area contributed by atoms with Crippen LogP contribution in [0.15, 0.2) is 33.0 Å². The number of aromatic nitrogens is 3. The van der Waals surface area contributed by atoms with Crippen LogP contribution in [0.5, 0.6) is 5.75 Å². The van der Waals surface area contributed by atoms with E-state index in [9.17, 15) is 4.79 Å². The number of aromatic amines is 1. The first-order valence-electron chi connectivity index (χ1n) is 6.10. The second kappa shape index (κ2) is 6.30. The fraction of sp³-hybridized carbons (Fsp3) is 0.308. The van der Waals surface area contributed by atoms with Gasteiger partial charge in [-0.3, -0.25) is 4.57 Å². The predicted molar refractivity (Wildman–Crippen MR) is 75.0 cm³/mol. The fourth-order valence-corrected chi connectivity index (χ4v) is 2.68. The molecule has 104 valence electrons. The molecule has 0 aliphatic rings. The summed E-state index contributed by atoms with van der Waals surface area (Å²) in [5.74, 6) is 0.659. The van der Waals surface area contributed by atoms with E-state index in [4.69, 9.17) is 10.00 Å². The molecule has 0 saturated carbocycles. The van der Waals surface area contributed by atoms with Gasteiger partial charge in [-0.1, -0.05) is 6.92 Å². The van der Waals surface area contributed by atoms with E-state index in [1.54, 1.807) is 29.9 Å². The Labute approximate surface area is 120 Å². The van der Waals surface area contributed by atoms with Gasteiger partial charge in [-0.05, 0) is 36.4 Å². The molecule has 0 saturated heterocycles. The average Bonchev–Trinajstić information content (AvgIpc) is 2.80. The summed E-state index contributed by atoms with van der Waals surface area (Å²) < 4.78 is 6.72. The molecule has 7 heteroatoms. The number of hydrogen-bond donors (Lipinski definition) is 1. The van der Waals surface area contributed by atoms with Crippen LogP contribution in [0.4, 0.5) is 0 Å². The lowest BCUT2D eigenvalue weighted by molar-refractivity contribution is 0.413. The van der Waals surface area contributed by atoms with Crippen LogP contribution in [0.3, 0.4) is 0 Å². The van der Waals surface area contributed by atoms with Gasteiger partial charge in [0.25, 0.3) is 0 Å². The highest BCUT2D eigenvalue weighted by atomic mass is 32.2. The maximum Gasteiger partial charge on any atom is 0.343 e. The van der Waals surface area contributed by atoms with Crippen molar-refractivity contribution in [1.29, 1.82) is 5.26 Å². The Balaban J connectivity index is 2.39. The third-order valence-electron chi connectivity index (χ3n) is 2.68. The molecule has 20 heavy (non-hydrogen) atoms. The number of nitrogens with one attached hydrogen (secondary N) is 1. The van der Waals surface area contributed by atoms with E-state index in [0.29, 0.717) is 27.9 Å². The Morgan fingerprint density at radius 1 is 1.55 bits per heavy atom. The zero-order valence-electron chi connectivity index (χ0n) is 11.2. The normalized spacial score (nSPS) is 10.2. The smallest absolute Gasteiger partial charge is 0.343 e. The molecule has 6 nitrogen and oxygen atoms in total. The summed E-state index contributed by atoms with van der Waals surface area (Å²) in [5, 5.41) is 16.1. The van der Waals surface area contributed by atoms with E-state index in [2.05, 4.69) is 16.3 Å². The molecular weight excluding hydrogens is 276 g/mol. The van der Waals surface area contributed by atoms with Crippen molar-refractivity contribution < 1.29 is 4.74 Å². The Kier molecular flexibility index (Phi) is 4.48. The van der Waals surface area contributed by atoms with E-state index < -0.39 is 0 Å². The summed E-state index contributed by atoms with van der Waals surface area (Å²) >= 11 is 1.27. The minimum atomic E-state index is -0.240. The van der Waals surface area contributed by atoms with Gasteiger partial charge in [0.2, 0.25) is 0 Å². The molecule has 0 radical (unpaired) electrons. The number of methoxy groups -OCH3 is 1. The first kappa shape index (κ1) is 14.2. The highest BCUT2D eigenvalue weighted by Gasteiger charge is 2.12. The van der Waals surface area contributed by atoms with Crippen LogP contribution in [0.25, 0.3) is 0 Å². The molecule has 0 fully saturated rings. The molecule has 2 rings (SSSR count). The SMILES string of the molecule is CCCn1c(Sc2cc(OC)ccc2C#N)n[nH]c1=O. The van der Waals surface area contributed by atoms with Crippen molar-refractivity contribution >= 4 is 11.8 Å². The zero-order valence-corrected chi connectivity index (χ0v) is 12.0. The number of nitriles is 1. The summed E-state index contributed by atoms with van der Waals surface area (Å²) in [7, 11) is 1.57. The monoisotopic (exact) mass is 290 g/mol. The molecule has 2 aromatic rings. The largest absolute Gasteiger partial charge is 0.497 e. The van der Waals surface area contributed by atoms with Gasteiger partial charge in [-0.15, -0.1) is 5.10 Å². The topological polar surface area (TPSA) is 83.7 Å². The summed E-state index contributed by atoms with van der Waals surface area (Å²) in [5.41, 5.74) is 0.282. The van der Waals surface area contributed by atoms with Gasteiger partial charge in [0, 0.05) is 11.4 Å². The van der Waals surface area contributed by atoms with Crippen molar-refractivity contribution in [2.45, 2.75) is 29.9 Å². The first-order chi connectivity index (χ1) is 9.69. The third-order valence-corrected chi connectivity index (χ3v) is 3.73. The molecule has 0 amide bonds. The van der Waals surface area contributed by atoms with Gasteiger partial charge in [-0.25, -0.2) is 9.89 Å². The lowest BCUT2D eigenvalue weighted by Crippen LogP contribution is -2.17. The van der Waals surface area contributed by atoms with Crippen LogP contribution >= 0.6 is 11.8 Å². The van der Waals surface area contributed by atoms with Gasteiger partial charge in [0.15, 0.2) is 5.16 Å². The number of ether oxygens (including phenoxy) is 1. The number of rotatable bonds is 5. The maximum absolute atomic E-state index is 11.6. The molecule has 1 N–H and O–H groups in total. The molecule has 1 heterocycles. The second-order valence-corrected chi connectivity index (χ2v) is 5.05. The molecule has 0 aliphatic carbocycles. The molecule has 0 atom stereocenters. The molecule has 1 aromatic heterocycles. The number of nitrogens with zero attached hydrogens (tertiary/aromatic N) is 3. The van der Waals surface area contributed by atoms with E-state index in [1.165, 1.54) is 11.8 Å². The number of H-pyrrole nitrogens is 1. The van der Waals surface area contributed by atoms with Crippen LogP contribution in [-0.4, -0.2) is 21.9 Å². The van der Waals surface area contributed by atoms with Crippen LogP contribution in [0.1, 0.15) is 18.9 Å². The van der Waals surface area contributed by atoms with E-state index in [0.717, 1.165) is 6.42 Å². The van der Waals surface area contributed by atoms with Crippen molar-refractivity contribution in [3.8, 4) is 11.8 Å². The van der Waals surface area contributed by atoms with Crippen LogP contribution in [-0.2, 0) is 6.54 Å². The zero-order chi connectivity index (χ0) is 14.5. The Hall–Kier alpha value is -2.20. The van der Waals surface area contributed by atoms with Gasteiger partial charge >= 0.3 is 5.69 Å². The third kappa shape index (κ3) is 2.86. The Morgan fingerprint density at radius 2 is 2.35 bits per heavy atom. The van der Waals surface area contributed by atoms with Gasteiger partial charge < -0.3 is 4.74 Å². The fourth-order valence-electron chi connectivity index (χ4n) is 1.71. The standard InChI is InChI=1S/C13H14N4O2S/c1-3-6-17-12(18)15-16-13(17)20-11-7-10(19-2)5-4-9(11)8-14/h4-5,7H,3,6H2,1-2H3,(H,15,18). The number of hydrogen-bond acceptors (Lipinski definition) is 5. The van der Waals surface area contributed by atoms with E-state index >= 15 is 0 Å². The summed E-state index contributed by atoms with van der Waals surface area (Å²) in [6.45, 7) is 2.57. The van der Waals surface area contributed by atoms with Crippen LogP contribution < -0.4 is 10.4 Å². The maximum atomic E-state index is 11.6. The van der Waals surface area contributed by atoms with Crippen LogP contribution in [0.2, 0.25) is 0 Å². The van der Waals surface area contributed by atoms with Crippen molar-refractivity contribution in [2.75, 3.05) is 7.11 Å². The van der Waals surface area contributed by atoms with E-state index in [-0.39, 0.29) is 5.69 Å². The molecular formula is C13H14N4O2S.